The first-order chi connectivity index (χ1) is 11.0. The molecule has 1 saturated heterocycles. The summed E-state index contributed by atoms with van der Waals surface area (Å²) in [6.07, 6.45) is 7.13. The molecule has 1 N–H and O–H groups in total. The number of aromatic nitrogens is 1. The Morgan fingerprint density at radius 1 is 1.17 bits per heavy atom. The van der Waals surface area contributed by atoms with Crippen LogP contribution >= 0.6 is 0 Å². The number of hydrogen-bond donors (Lipinski definition) is 1. The van der Waals surface area contributed by atoms with Crippen molar-refractivity contribution in [1.29, 1.82) is 0 Å². The molecule has 1 saturated carbocycles. The van der Waals surface area contributed by atoms with Crippen LogP contribution in [0.25, 0.3) is 0 Å². The molecule has 6 heteroatoms. The molecule has 1 aromatic rings. The number of alkyl halides is 2. The van der Waals surface area contributed by atoms with Gasteiger partial charge in [0.25, 0.3) is 11.8 Å². The fraction of sp³-hybridized carbons (Fsp3) is 0.647. The minimum Gasteiger partial charge on any atom is -0.367 e. The van der Waals surface area contributed by atoms with Crippen molar-refractivity contribution in [3.8, 4) is 0 Å². The highest BCUT2D eigenvalue weighted by molar-refractivity contribution is 5.94. The summed E-state index contributed by atoms with van der Waals surface area (Å²) in [5.41, 5.74) is 0.462. The van der Waals surface area contributed by atoms with Crippen LogP contribution in [-0.2, 0) is 0 Å². The number of likely N-dealkylation sites (tertiary alicyclic amines) is 1. The molecule has 23 heavy (non-hydrogen) atoms. The second-order valence-electron chi connectivity index (χ2n) is 6.56. The predicted octanol–water partition coefficient (Wildman–Crippen LogP) is 3.70. The third-order valence-electron chi connectivity index (χ3n) is 4.75. The molecule has 0 aromatic carbocycles. The quantitative estimate of drug-likeness (QED) is 0.922. The van der Waals surface area contributed by atoms with Gasteiger partial charge >= 0.3 is 0 Å². The Labute approximate surface area is 135 Å². The smallest absolute Gasteiger partial charge is 0.255 e. The second kappa shape index (κ2) is 6.81. The largest absolute Gasteiger partial charge is 0.367 e. The lowest BCUT2D eigenvalue weighted by atomic mass is 9.95. The first kappa shape index (κ1) is 16.1. The van der Waals surface area contributed by atoms with Crippen molar-refractivity contribution in [3.63, 3.8) is 0 Å². The van der Waals surface area contributed by atoms with Gasteiger partial charge in [-0.25, -0.2) is 13.8 Å². The van der Waals surface area contributed by atoms with Gasteiger partial charge in [0.05, 0.1) is 5.56 Å². The van der Waals surface area contributed by atoms with Crippen molar-refractivity contribution >= 4 is 11.7 Å². The molecule has 0 unspecified atom stereocenters. The summed E-state index contributed by atoms with van der Waals surface area (Å²) in [7, 11) is 0. The number of carbonyl (C=O) groups excluding carboxylic acids is 1. The summed E-state index contributed by atoms with van der Waals surface area (Å²) in [5, 5.41) is 3.40. The van der Waals surface area contributed by atoms with Crippen LogP contribution in [0.5, 0.6) is 0 Å². The lowest BCUT2D eigenvalue weighted by molar-refractivity contribution is -0.0494. The Morgan fingerprint density at radius 3 is 2.48 bits per heavy atom. The minimum atomic E-state index is -2.64. The van der Waals surface area contributed by atoms with E-state index < -0.39 is 5.92 Å². The van der Waals surface area contributed by atoms with E-state index in [4.69, 9.17) is 0 Å². The van der Waals surface area contributed by atoms with Crippen LogP contribution < -0.4 is 5.32 Å². The van der Waals surface area contributed by atoms with E-state index in [1.165, 1.54) is 24.2 Å². The maximum absolute atomic E-state index is 13.2. The normalized spacial score (nSPS) is 21.9. The van der Waals surface area contributed by atoms with Crippen LogP contribution in [-0.4, -0.2) is 40.8 Å². The molecule has 2 fully saturated rings. The molecule has 2 heterocycles. The van der Waals surface area contributed by atoms with Crippen molar-refractivity contribution < 1.29 is 13.6 Å². The van der Waals surface area contributed by atoms with Gasteiger partial charge in [0.1, 0.15) is 5.82 Å². The van der Waals surface area contributed by atoms with E-state index in [2.05, 4.69) is 10.3 Å². The van der Waals surface area contributed by atoms with Crippen LogP contribution in [0.2, 0.25) is 0 Å². The summed E-state index contributed by atoms with van der Waals surface area (Å²) in [4.78, 5) is 18.1. The lowest BCUT2D eigenvalue weighted by Gasteiger charge is -2.31. The molecule has 0 bridgehead atoms. The van der Waals surface area contributed by atoms with Gasteiger partial charge in [0.15, 0.2) is 0 Å². The molecule has 3 rings (SSSR count). The average molecular weight is 323 g/mol. The van der Waals surface area contributed by atoms with Crippen LogP contribution in [0.4, 0.5) is 14.6 Å². The maximum Gasteiger partial charge on any atom is 0.255 e. The van der Waals surface area contributed by atoms with Crippen LogP contribution in [0, 0.1) is 0 Å². The number of pyridine rings is 1. The summed E-state index contributed by atoms with van der Waals surface area (Å²) < 4.78 is 26.3. The van der Waals surface area contributed by atoms with Gasteiger partial charge in [0, 0.05) is 38.2 Å². The molecule has 0 atom stereocenters. The molecule has 1 aliphatic carbocycles. The van der Waals surface area contributed by atoms with Crippen molar-refractivity contribution in [2.24, 2.45) is 0 Å². The molecular formula is C17H23F2N3O. The van der Waals surface area contributed by atoms with Crippen molar-refractivity contribution in [2.75, 3.05) is 18.4 Å². The number of nitrogens with zero attached hydrogens (tertiary/aromatic N) is 2. The number of anilines is 1. The van der Waals surface area contributed by atoms with Crippen molar-refractivity contribution in [1.82, 2.24) is 9.88 Å². The van der Waals surface area contributed by atoms with Gasteiger partial charge in [-0.05, 0) is 25.0 Å². The third kappa shape index (κ3) is 4.18. The highest BCUT2D eigenvalue weighted by Gasteiger charge is 2.35. The Kier molecular flexibility index (Phi) is 4.78. The zero-order valence-electron chi connectivity index (χ0n) is 13.2. The maximum atomic E-state index is 13.2. The second-order valence-corrected chi connectivity index (χ2v) is 6.56. The standard InChI is InChI=1S/C17H23F2N3O/c18-17(19)8-10-22(11-9-17)16(23)13-6-7-15(20-12-13)21-14-4-2-1-3-5-14/h6-7,12,14H,1-5,8-11H2,(H,20,21). The number of halogens is 2. The molecular weight excluding hydrogens is 300 g/mol. The van der Waals surface area contributed by atoms with Crippen molar-refractivity contribution in [3.05, 3.63) is 23.9 Å². The molecule has 0 spiro atoms. The number of carbonyl (C=O) groups is 1. The van der Waals surface area contributed by atoms with E-state index in [-0.39, 0.29) is 31.8 Å². The van der Waals surface area contributed by atoms with Crippen molar-refractivity contribution in [2.45, 2.75) is 56.9 Å². The predicted molar refractivity (Wildman–Crippen MR) is 84.8 cm³/mol. The number of hydrogen-bond acceptors (Lipinski definition) is 3. The zero-order valence-corrected chi connectivity index (χ0v) is 13.2. The van der Waals surface area contributed by atoms with Crippen LogP contribution in [0.15, 0.2) is 18.3 Å². The first-order valence-corrected chi connectivity index (χ1v) is 8.43. The lowest BCUT2D eigenvalue weighted by Crippen LogP contribution is -2.42. The summed E-state index contributed by atoms with van der Waals surface area (Å²) >= 11 is 0. The fourth-order valence-electron chi connectivity index (χ4n) is 3.28. The third-order valence-corrected chi connectivity index (χ3v) is 4.75. The summed E-state index contributed by atoms with van der Waals surface area (Å²) in [5.74, 6) is -2.07. The van der Waals surface area contributed by atoms with E-state index >= 15 is 0 Å². The zero-order chi connectivity index (χ0) is 16.3. The highest BCUT2D eigenvalue weighted by atomic mass is 19.3. The molecule has 4 nitrogen and oxygen atoms in total. The molecule has 1 aliphatic heterocycles. The Balaban J connectivity index is 1.57. The first-order valence-electron chi connectivity index (χ1n) is 8.43. The molecule has 1 aromatic heterocycles. The Morgan fingerprint density at radius 2 is 1.87 bits per heavy atom. The molecule has 126 valence electrons. The van der Waals surface area contributed by atoms with E-state index in [0.717, 1.165) is 18.7 Å². The fourth-order valence-corrected chi connectivity index (χ4v) is 3.28. The number of amides is 1. The number of nitrogens with one attached hydrogen (secondary N) is 1. The Bertz CT molecular complexity index is 531. The van der Waals surface area contributed by atoms with E-state index in [9.17, 15) is 13.6 Å². The minimum absolute atomic E-state index is 0.105. The SMILES string of the molecule is O=C(c1ccc(NC2CCCCC2)nc1)N1CCC(F)(F)CC1. The molecule has 1 amide bonds. The average Bonchev–Trinajstić information content (AvgIpc) is 2.56. The van der Waals surface area contributed by atoms with E-state index in [1.54, 1.807) is 18.3 Å². The summed E-state index contributed by atoms with van der Waals surface area (Å²) in [6.45, 7) is 0.210. The van der Waals surface area contributed by atoms with E-state index in [0.29, 0.717) is 11.6 Å². The van der Waals surface area contributed by atoms with Gasteiger partial charge in [-0.2, -0.15) is 0 Å². The van der Waals surface area contributed by atoms with Crippen LogP contribution in [0.1, 0.15) is 55.3 Å². The monoisotopic (exact) mass is 323 g/mol. The highest BCUT2D eigenvalue weighted by Crippen LogP contribution is 2.28. The van der Waals surface area contributed by atoms with E-state index in [1.807, 2.05) is 0 Å². The molecule has 2 aliphatic rings. The van der Waals surface area contributed by atoms with Gasteiger partial charge in [-0.3, -0.25) is 4.79 Å². The number of rotatable bonds is 3. The summed E-state index contributed by atoms with van der Waals surface area (Å²) in [6, 6.07) is 4.00. The van der Waals surface area contributed by atoms with Crippen LogP contribution in [0.3, 0.4) is 0 Å². The topological polar surface area (TPSA) is 45.2 Å². The van der Waals surface area contributed by atoms with Gasteiger partial charge in [-0.1, -0.05) is 19.3 Å². The molecule has 0 radical (unpaired) electrons. The van der Waals surface area contributed by atoms with Gasteiger partial charge < -0.3 is 10.2 Å². The van der Waals surface area contributed by atoms with Gasteiger partial charge in [-0.15, -0.1) is 0 Å². The number of piperidine rings is 1. The Hall–Kier alpha value is -1.72. The van der Waals surface area contributed by atoms with Gasteiger partial charge in [0.2, 0.25) is 0 Å².